The molecule has 0 aromatic heterocycles. The molecule has 1 N–H and O–H groups in total. The molecule has 0 saturated carbocycles. The van der Waals surface area contributed by atoms with Gasteiger partial charge in [0.2, 0.25) is 5.91 Å². The van der Waals surface area contributed by atoms with E-state index in [4.69, 9.17) is 0 Å². The fourth-order valence-corrected chi connectivity index (χ4v) is 2.66. The molecule has 1 saturated heterocycles. The number of rotatable bonds is 3. The Bertz CT molecular complexity index is 502. The number of alkyl halides is 3. The van der Waals surface area contributed by atoms with Gasteiger partial charge in [-0.2, -0.15) is 13.2 Å². The Morgan fingerprint density at radius 3 is 2.76 bits per heavy atom. The third kappa shape index (κ3) is 4.46. The molecule has 0 aliphatic carbocycles. The number of amides is 1. The molecule has 1 fully saturated rings. The molecule has 6 heteroatoms. The summed E-state index contributed by atoms with van der Waals surface area (Å²) in [5.41, 5.74) is -0.995. The van der Waals surface area contributed by atoms with Crippen LogP contribution in [-0.2, 0) is 11.0 Å². The third-order valence-corrected chi connectivity index (χ3v) is 3.61. The third-order valence-electron chi connectivity index (χ3n) is 3.61. The van der Waals surface area contributed by atoms with E-state index >= 15 is 0 Å². The summed E-state index contributed by atoms with van der Waals surface area (Å²) in [5, 5.41) is 2.38. The number of piperidine rings is 1. The summed E-state index contributed by atoms with van der Waals surface area (Å²) in [6.07, 6.45) is -2.31. The first kappa shape index (κ1) is 15.8. The van der Waals surface area contributed by atoms with E-state index < -0.39 is 17.6 Å². The van der Waals surface area contributed by atoms with Crippen LogP contribution in [0.4, 0.5) is 18.9 Å². The number of carbonyl (C=O) groups is 1. The highest BCUT2D eigenvalue weighted by Crippen LogP contribution is 2.34. The van der Waals surface area contributed by atoms with Crippen LogP contribution in [0.15, 0.2) is 24.3 Å². The standard InChI is InChI=1S/C15H19F3N2O/c1-11-5-4-8-20(9-11)10-14(21)19-13-7-3-2-6-12(13)15(16,17)18/h2-3,6-7,11H,4-5,8-10H2,1H3,(H,19,21). The molecule has 0 bridgehead atoms. The van der Waals surface area contributed by atoms with Gasteiger partial charge in [-0.15, -0.1) is 0 Å². The van der Waals surface area contributed by atoms with Crippen LogP contribution in [0.1, 0.15) is 25.3 Å². The van der Waals surface area contributed by atoms with Crippen molar-refractivity contribution >= 4 is 11.6 Å². The summed E-state index contributed by atoms with van der Waals surface area (Å²) in [4.78, 5) is 13.9. The Kier molecular flexibility index (Phi) is 4.88. The van der Waals surface area contributed by atoms with Gasteiger partial charge in [0, 0.05) is 6.54 Å². The molecule has 0 spiro atoms. The van der Waals surface area contributed by atoms with Crippen molar-refractivity contribution in [2.45, 2.75) is 25.9 Å². The highest BCUT2D eigenvalue weighted by Gasteiger charge is 2.33. The lowest BCUT2D eigenvalue weighted by atomic mass is 10.0. The number of nitrogens with zero attached hydrogens (tertiary/aromatic N) is 1. The average molecular weight is 300 g/mol. The largest absolute Gasteiger partial charge is 0.418 e. The van der Waals surface area contributed by atoms with Crippen LogP contribution < -0.4 is 5.32 Å². The predicted molar refractivity (Wildman–Crippen MR) is 74.9 cm³/mol. The van der Waals surface area contributed by atoms with E-state index in [0.717, 1.165) is 32.0 Å². The number of para-hydroxylation sites is 1. The highest BCUT2D eigenvalue weighted by atomic mass is 19.4. The Morgan fingerprint density at radius 1 is 1.38 bits per heavy atom. The zero-order chi connectivity index (χ0) is 15.5. The molecule has 0 radical (unpaired) electrons. The summed E-state index contributed by atoms with van der Waals surface area (Å²) in [5.74, 6) is 0.120. The number of halogens is 3. The average Bonchev–Trinajstić information content (AvgIpc) is 2.37. The summed E-state index contributed by atoms with van der Waals surface area (Å²) in [6, 6.07) is 5.04. The van der Waals surface area contributed by atoms with Crippen molar-refractivity contribution in [1.29, 1.82) is 0 Å². The Balaban J connectivity index is 2.00. The fourth-order valence-electron chi connectivity index (χ4n) is 2.66. The SMILES string of the molecule is CC1CCCN(CC(=O)Nc2ccccc2C(F)(F)F)C1. The van der Waals surface area contributed by atoms with E-state index in [9.17, 15) is 18.0 Å². The molecule has 1 aromatic rings. The fraction of sp³-hybridized carbons (Fsp3) is 0.533. The first-order valence-electron chi connectivity index (χ1n) is 7.04. The summed E-state index contributed by atoms with van der Waals surface area (Å²) < 4.78 is 38.5. The molecule has 1 aliphatic heterocycles. The van der Waals surface area contributed by atoms with Gasteiger partial charge in [-0.1, -0.05) is 19.1 Å². The van der Waals surface area contributed by atoms with Crippen molar-refractivity contribution in [3.8, 4) is 0 Å². The topological polar surface area (TPSA) is 32.3 Å². The van der Waals surface area contributed by atoms with Crippen LogP contribution in [0, 0.1) is 5.92 Å². The molecule has 3 nitrogen and oxygen atoms in total. The van der Waals surface area contributed by atoms with Crippen molar-refractivity contribution in [2.75, 3.05) is 25.0 Å². The number of nitrogens with one attached hydrogen (secondary N) is 1. The molecule has 1 atom stereocenters. The number of carbonyl (C=O) groups excluding carboxylic acids is 1. The van der Waals surface area contributed by atoms with E-state index in [1.165, 1.54) is 18.2 Å². The monoisotopic (exact) mass is 300 g/mol. The van der Waals surface area contributed by atoms with Gasteiger partial charge >= 0.3 is 6.18 Å². The maximum atomic E-state index is 12.8. The minimum Gasteiger partial charge on any atom is -0.324 e. The van der Waals surface area contributed by atoms with E-state index in [1.807, 2.05) is 4.90 Å². The van der Waals surface area contributed by atoms with Crippen LogP contribution in [0.2, 0.25) is 0 Å². The Hall–Kier alpha value is -1.56. The van der Waals surface area contributed by atoms with E-state index in [2.05, 4.69) is 12.2 Å². The van der Waals surface area contributed by atoms with Crippen molar-refractivity contribution in [3.63, 3.8) is 0 Å². The zero-order valence-electron chi connectivity index (χ0n) is 11.9. The minimum atomic E-state index is -4.47. The molecule has 1 heterocycles. The second-order valence-corrected chi connectivity index (χ2v) is 5.57. The van der Waals surface area contributed by atoms with Gasteiger partial charge in [-0.3, -0.25) is 9.69 Å². The Labute approximate surface area is 122 Å². The van der Waals surface area contributed by atoms with E-state index in [1.54, 1.807) is 0 Å². The van der Waals surface area contributed by atoms with E-state index in [-0.39, 0.29) is 12.2 Å². The van der Waals surface area contributed by atoms with Crippen LogP contribution in [0.5, 0.6) is 0 Å². The number of anilines is 1. The molecular formula is C15H19F3N2O. The number of hydrogen-bond donors (Lipinski definition) is 1. The van der Waals surface area contributed by atoms with Gasteiger partial charge < -0.3 is 5.32 Å². The van der Waals surface area contributed by atoms with Gasteiger partial charge in [0.05, 0.1) is 17.8 Å². The number of benzene rings is 1. The van der Waals surface area contributed by atoms with Gasteiger partial charge in [-0.05, 0) is 37.4 Å². The maximum absolute atomic E-state index is 12.8. The highest BCUT2D eigenvalue weighted by molar-refractivity contribution is 5.93. The lowest BCUT2D eigenvalue weighted by Gasteiger charge is -2.30. The lowest BCUT2D eigenvalue weighted by Crippen LogP contribution is -2.39. The van der Waals surface area contributed by atoms with Gasteiger partial charge in [0.15, 0.2) is 0 Å². The zero-order valence-corrected chi connectivity index (χ0v) is 11.9. The van der Waals surface area contributed by atoms with Crippen LogP contribution in [0.25, 0.3) is 0 Å². The number of hydrogen-bond acceptors (Lipinski definition) is 2. The van der Waals surface area contributed by atoms with Crippen LogP contribution in [-0.4, -0.2) is 30.4 Å². The van der Waals surface area contributed by atoms with Crippen LogP contribution >= 0.6 is 0 Å². The first-order chi connectivity index (χ1) is 9.86. The summed E-state index contributed by atoms with van der Waals surface area (Å²) in [7, 11) is 0. The quantitative estimate of drug-likeness (QED) is 0.928. The summed E-state index contributed by atoms with van der Waals surface area (Å²) in [6.45, 7) is 3.88. The van der Waals surface area contributed by atoms with Crippen LogP contribution in [0.3, 0.4) is 0 Å². The number of likely N-dealkylation sites (tertiary alicyclic amines) is 1. The normalized spacial score (nSPS) is 20.3. The molecule has 2 rings (SSSR count). The van der Waals surface area contributed by atoms with Gasteiger partial charge in [0.25, 0.3) is 0 Å². The second-order valence-electron chi connectivity index (χ2n) is 5.57. The lowest BCUT2D eigenvalue weighted by molar-refractivity contribution is -0.137. The van der Waals surface area contributed by atoms with Crippen molar-refractivity contribution in [1.82, 2.24) is 4.90 Å². The molecule has 116 valence electrons. The van der Waals surface area contributed by atoms with Gasteiger partial charge in [-0.25, -0.2) is 0 Å². The van der Waals surface area contributed by atoms with E-state index in [0.29, 0.717) is 5.92 Å². The smallest absolute Gasteiger partial charge is 0.324 e. The van der Waals surface area contributed by atoms with Crippen molar-refractivity contribution in [3.05, 3.63) is 29.8 Å². The molecule has 1 unspecified atom stereocenters. The predicted octanol–water partition coefficient (Wildman–Crippen LogP) is 3.38. The second kappa shape index (κ2) is 6.47. The van der Waals surface area contributed by atoms with Crippen molar-refractivity contribution in [2.24, 2.45) is 5.92 Å². The van der Waals surface area contributed by atoms with Crippen molar-refractivity contribution < 1.29 is 18.0 Å². The summed E-state index contributed by atoms with van der Waals surface area (Å²) >= 11 is 0. The maximum Gasteiger partial charge on any atom is 0.418 e. The first-order valence-corrected chi connectivity index (χ1v) is 7.04. The Morgan fingerprint density at radius 2 is 2.10 bits per heavy atom. The minimum absolute atomic E-state index is 0.135. The molecule has 1 aliphatic rings. The molecule has 1 aromatic carbocycles. The van der Waals surface area contributed by atoms with Gasteiger partial charge in [0.1, 0.15) is 0 Å². The molecular weight excluding hydrogens is 281 g/mol. The molecule has 1 amide bonds. The molecule has 21 heavy (non-hydrogen) atoms.